The molecule has 1 fully saturated rings. The van der Waals surface area contributed by atoms with Gasteiger partial charge in [0.25, 0.3) is 0 Å². The zero-order valence-electron chi connectivity index (χ0n) is 20.2. The van der Waals surface area contributed by atoms with Gasteiger partial charge in [-0.25, -0.2) is 4.99 Å². The third-order valence-electron chi connectivity index (χ3n) is 5.91. The second kappa shape index (κ2) is 16.1. The molecule has 1 saturated heterocycles. The van der Waals surface area contributed by atoms with E-state index < -0.39 is 0 Å². The Hall–Kier alpha value is -1.55. The van der Waals surface area contributed by atoms with Crippen LogP contribution < -0.4 is 15.4 Å². The maximum absolute atomic E-state index is 11.6. The summed E-state index contributed by atoms with van der Waals surface area (Å²) in [6.45, 7) is 13.6. The Labute approximate surface area is 211 Å². The third-order valence-corrected chi connectivity index (χ3v) is 5.91. The number of likely N-dealkylation sites (N-methyl/N-ethyl adjacent to an activating group) is 1. The van der Waals surface area contributed by atoms with Crippen LogP contribution in [0.5, 0.6) is 5.75 Å². The van der Waals surface area contributed by atoms with Gasteiger partial charge in [0.2, 0.25) is 5.91 Å². The van der Waals surface area contributed by atoms with E-state index in [-0.39, 0.29) is 29.9 Å². The Morgan fingerprint density at radius 3 is 2.38 bits per heavy atom. The van der Waals surface area contributed by atoms with Crippen molar-refractivity contribution in [1.29, 1.82) is 0 Å². The average molecular weight is 560 g/mol. The first-order chi connectivity index (χ1) is 15.1. The number of aliphatic imine (C=N–C) groups is 1. The molecule has 1 aliphatic heterocycles. The van der Waals surface area contributed by atoms with E-state index >= 15 is 0 Å². The van der Waals surface area contributed by atoms with E-state index in [0.717, 1.165) is 63.8 Å². The summed E-state index contributed by atoms with van der Waals surface area (Å²) in [6.07, 6.45) is 2.68. The molecule has 2 N–H and O–H groups in total. The SMILES string of the molecule is CCNC(=NCc1ccc(OCCN(CC)CC)cc1)N1CCC(CC(=O)NC)CC1.I. The highest BCUT2D eigenvalue weighted by Gasteiger charge is 2.23. The molecule has 1 heterocycles. The number of rotatable bonds is 11. The molecule has 8 heteroatoms. The molecule has 7 nitrogen and oxygen atoms in total. The predicted octanol–water partition coefficient (Wildman–Crippen LogP) is 3.34. The van der Waals surface area contributed by atoms with Crippen molar-refractivity contribution < 1.29 is 9.53 Å². The number of piperidine rings is 1. The van der Waals surface area contributed by atoms with Crippen molar-refractivity contribution in [2.75, 3.05) is 52.9 Å². The third kappa shape index (κ3) is 9.94. The Morgan fingerprint density at radius 1 is 1.16 bits per heavy atom. The van der Waals surface area contributed by atoms with E-state index in [1.54, 1.807) is 7.05 Å². The maximum atomic E-state index is 11.6. The van der Waals surface area contributed by atoms with Gasteiger partial charge in [0.15, 0.2) is 5.96 Å². The number of halogens is 1. The van der Waals surface area contributed by atoms with E-state index in [1.165, 1.54) is 5.56 Å². The van der Waals surface area contributed by atoms with Crippen LogP contribution in [0.1, 0.15) is 45.6 Å². The zero-order valence-corrected chi connectivity index (χ0v) is 22.6. The molecule has 0 unspecified atom stereocenters. The largest absolute Gasteiger partial charge is 0.492 e. The number of hydrogen-bond donors (Lipinski definition) is 2. The second-order valence-corrected chi connectivity index (χ2v) is 8.00. The highest BCUT2D eigenvalue weighted by molar-refractivity contribution is 14.0. The second-order valence-electron chi connectivity index (χ2n) is 8.00. The standard InChI is InChI=1S/C24H41N5O2.HI/c1-5-26-24(29-14-12-20(13-15-29)18-23(30)25-4)27-19-21-8-10-22(11-9-21)31-17-16-28(6-2)7-3;/h8-11,20H,5-7,12-19H2,1-4H3,(H,25,30)(H,26,27);1H. The number of carbonyl (C=O) groups is 1. The molecule has 0 spiro atoms. The molecule has 0 saturated carbocycles. The van der Waals surface area contributed by atoms with Gasteiger partial charge in [-0.1, -0.05) is 26.0 Å². The van der Waals surface area contributed by atoms with Crippen molar-refractivity contribution in [2.45, 2.75) is 46.6 Å². The predicted molar refractivity (Wildman–Crippen MR) is 143 cm³/mol. The number of hydrogen-bond acceptors (Lipinski definition) is 4. The van der Waals surface area contributed by atoms with Crippen molar-refractivity contribution >= 4 is 35.8 Å². The van der Waals surface area contributed by atoms with Crippen LogP contribution in [0.3, 0.4) is 0 Å². The molecule has 0 aliphatic carbocycles. The zero-order chi connectivity index (χ0) is 22.5. The van der Waals surface area contributed by atoms with E-state index in [9.17, 15) is 4.79 Å². The van der Waals surface area contributed by atoms with Crippen molar-refractivity contribution in [3.05, 3.63) is 29.8 Å². The van der Waals surface area contributed by atoms with E-state index in [1.807, 2.05) is 12.1 Å². The minimum atomic E-state index is 0. The molecule has 1 aromatic carbocycles. The molecule has 0 atom stereocenters. The number of nitrogens with one attached hydrogen (secondary N) is 2. The molecule has 0 bridgehead atoms. The first-order valence-electron chi connectivity index (χ1n) is 11.8. The fraction of sp³-hybridized carbons (Fsp3) is 0.667. The summed E-state index contributed by atoms with van der Waals surface area (Å²) in [4.78, 5) is 21.1. The van der Waals surface area contributed by atoms with Crippen LogP contribution >= 0.6 is 24.0 Å². The van der Waals surface area contributed by atoms with E-state index in [4.69, 9.17) is 9.73 Å². The summed E-state index contributed by atoms with van der Waals surface area (Å²) in [5, 5.41) is 6.15. The number of nitrogens with zero attached hydrogens (tertiary/aromatic N) is 3. The average Bonchev–Trinajstić information content (AvgIpc) is 2.81. The van der Waals surface area contributed by atoms with Crippen LogP contribution in [0, 0.1) is 5.92 Å². The number of ether oxygens (including phenoxy) is 1. The van der Waals surface area contributed by atoms with Gasteiger partial charge < -0.3 is 25.2 Å². The Kier molecular flexibility index (Phi) is 14.4. The lowest BCUT2D eigenvalue weighted by atomic mass is 9.93. The molecule has 32 heavy (non-hydrogen) atoms. The van der Waals surface area contributed by atoms with Crippen molar-refractivity contribution in [1.82, 2.24) is 20.4 Å². The molecule has 182 valence electrons. The first kappa shape index (κ1) is 28.5. The molecule has 1 aromatic rings. The summed E-state index contributed by atoms with van der Waals surface area (Å²) < 4.78 is 5.87. The fourth-order valence-corrected chi connectivity index (χ4v) is 3.83. The van der Waals surface area contributed by atoms with Gasteiger partial charge in [-0.2, -0.15) is 0 Å². The highest BCUT2D eigenvalue weighted by atomic mass is 127. The van der Waals surface area contributed by atoms with Crippen LogP contribution in [0.15, 0.2) is 29.3 Å². The lowest BCUT2D eigenvalue weighted by Gasteiger charge is -2.34. The summed E-state index contributed by atoms with van der Waals surface area (Å²) in [7, 11) is 1.71. The maximum Gasteiger partial charge on any atom is 0.220 e. The van der Waals surface area contributed by atoms with Gasteiger partial charge in [-0.3, -0.25) is 4.79 Å². The van der Waals surface area contributed by atoms with Crippen LogP contribution in [0.25, 0.3) is 0 Å². The summed E-state index contributed by atoms with van der Waals surface area (Å²) in [5.74, 6) is 2.47. The summed E-state index contributed by atoms with van der Waals surface area (Å²) in [6, 6.07) is 8.25. The molecular formula is C24H42IN5O2. The minimum Gasteiger partial charge on any atom is -0.492 e. The van der Waals surface area contributed by atoms with Crippen molar-refractivity contribution in [2.24, 2.45) is 10.9 Å². The van der Waals surface area contributed by atoms with Crippen LogP contribution in [-0.4, -0.2) is 74.6 Å². The van der Waals surface area contributed by atoms with Crippen molar-refractivity contribution in [3.63, 3.8) is 0 Å². The van der Waals surface area contributed by atoms with Crippen LogP contribution in [-0.2, 0) is 11.3 Å². The van der Waals surface area contributed by atoms with Gasteiger partial charge in [-0.15, -0.1) is 24.0 Å². The van der Waals surface area contributed by atoms with E-state index in [2.05, 4.69) is 53.3 Å². The molecule has 0 aromatic heterocycles. The number of likely N-dealkylation sites (tertiary alicyclic amines) is 1. The van der Waals surface area contributed by atoms with Gasteiger partial charge >= 0.3 is 0 Å². The molecule has 0 radical (unpaired) electrons. The molecule has 1 amide bonds. The topological polar surface area (TPSA) is 69.2 Å². The van der Waals surface area contributed by atoms with Crippen LogP contribution in [0.4, 0.5) is 0 Å². The lowest BCUT2D eigenvalue weighted by Crippen LogP contribution is -2.46. The highest BCUT2D eigenvalue weighted by Crippen LogP contribution is 2.21. The van der Waals surface area contributed by atoms with Gasteiger partial charge in [0.05, 0.1) is 6.54 Å². The Bertz CT molecular complexity index is 671. The van der Waals surface area contributed by atoms with Gasteiger partial charge in [0.1, 0.15) is 12.4 Å². The van der Waals surface area contributed by atoms with E-state index in [0.29, 0.717) is 25.5 Å². The fourth-order valence-electron chi connectivity index (χ4n) is 3.83. The number of carbonyl (C=O) groups excluding carboxylic acids is 1. The number of amides is 1. The lowest BCUT2D eigenvalue weighted by molar-refractivity contribution is -0.121. The van der Waals surface area contributed by atoms with Crippen molar-refractivity contribution in [3.8, 4) is 5.75 Å². The quantitative estimate of drug-likeness (QED) is 0.247. The number of benzene rings is 1. The summed E-state index contributed by atoms with van der Waals surface area (Å²) in [5.41, 5.74) is 1.17. The number of guanidine groups is 1. The molecule has 1 aliphatic rings. The molecule has 2 rings (SSSR count). The smallest absolute Gasteiger partial charge is 0.220 e. The minimum absolute atomic E-state index is 0. The summed E-state index contributed by atoms with van der Waals surface area (Å²) >= 11 is 0. The van der Waals surface area contributed by atoms with Crippen LogP contribution in [0.2, 0.25) is 0 Å². The monoisotopic (exact) mass is 559 g/mol. The normalized spacial score (nSPS) is 14.8. The Morgan fingerprint density at radius 2 is 1.81 bits per heavy atom. The first-order valence-corrected chi connectivity index (χ1v) is 11.8. The Balaban J connectivity index is 0.00000512. The van der Waals surface area contributed by atoms with Gasteiger partial charge in [0, 0.05) is 39.6 Å². The van der Waals surface area contributed by atoms with Gasteiger partial charge in [-0.05, 0) is 56.5 Å². The molecular weight excluding hydrogens is 517 g/mol.